The molecule has 0 bridgehead atoms. The van der Waals surface area contributed by atoms with E-state index in [-0.39, 0.29) is 24.4 Å². The second-order valence-corrected chi connectivity index (χ2v) is 8.03. The van der Waals surface area contributed by atoms with E-state index in [1.54, 1.807) is 59.8 Å². The van der Waals surface area contributed by atoms with E-state index in [1.165, 1.54) is 6.20 Å². The lowest BCUT2D eigenvalue weighted by atomic mass is 10.1. The summed E-state index contributed by atoms with van der Waals surface area (Å²) in [5.41, 5.74) is 1.95. The molecule has 9 heteroatoms. The Morgan fingerprint density at radius 3 is 2.85 bits per heavy atom. The average Bonchev–Trinajstić information content (AvgIpc) is 2.90. The fourth-order valence-corrected chi connectivity index (χ4v) is 4.20. The monoisotopic (exact) mass is 447 g/mol. The highest BCUT2D eigenvalue weighted by Gasteiger charge is 2.33. The molecule has 2 aliphatic rings. The van der Waals surface area contributed by atoms with Gasteiger partial charge in [-0.1, -0.05) is 6.07 Å². The van der Waals surface area contributed by atoms with E-state index in [2.05, 4.69) is 15.3 Å². The van der Waals surface area contributed by atoms with Gasteiger partial charge in [-0.3, -0.25) is 19.5 Å². The molecule has 8 nitrogen and oxygen atoms in total. The molecule has 168 valence electrons. The van der Waals surface area contributed by atoms with Gasteiger partial charge in [0.15, 0.2) is 0 Å². The summed E-state index contributed by atoms with van der Waals surface area (Å²) in [6.07, 6.45) is 4.58. The molecule has 4 heterocycles. The molecule has 0 saturated carbocycles. The van der Waals surface area contributed by atoms with Gasteiger partial charge in [-0.15, -0.1) is 0 Å². The smallest absolute Gasteiger partial charge is 0.255 e. The van der Waals surface area contributed by atoms with E-state index in [0.717, 1.165) is 0 Å². The molecule has 1 saturated heterocycles. The second kappa shape index (κ2) is 8.95. The maximum absolute atomic E-state index is 14.1. The van der Waals surface area contributed by atoms with Crippen molar-refractivity contribution in [1.82, 2.24) is 19.8 Å². The van der Waals surface area contributed by atoms with Crippen molar-refractivity contribution >= 4 is 17.5 Å². The Morgan fingerprint density at radius 1 is 1.15 bits per heavy atom. The van der Waals surface area contributed by atoms with Crippen LogP contribution in [0.2, 0.25) is 0 Å². The molecule has 1 atom stereocenters. The molecule has 2 amide bonds. The molecule has 2 aromatic heterocycles. The molecule has 0 spiro atoms. The summed E-state index contributed by atoms with van der Waals surface area (Å²) in [6, 6.07) is 11.8. The molecule has 0 aliphatic carbocycles. The fourth-order valence-electron chi connectivity index (χ4n) is 4.20. The first-order valence-corrected chi connectivity index (χ1v) is 10.7. The van der Waals surface area contributed by atoms with E-state index in [1.807, 2.05) is 4.90 Å². The molecule has 1 fully saturated rings. The lowest BCUT2D eigenvalue weighted by Gasteiger charge is -2.40. The molecule has 5 rings (SSSR count). The molecular weight excluding hydrogens is 425 g/mol. The van der Waals surface area contributed by atoms with E-state index >= 15 is 0 Å². The SMILES string of the molecule is O=C1CN2CCN(C(=O)c3cccnc3)C[C@@H]2COc2ccc(-c3cccnc3F)cc2N1. The molecule has 3 aromatic rings. The largest absolute Gasteiger partial charge is 0.490 e. The number of hydrogen-bond acceptors (Lipinski definition) is 6. The van der Waals surface area contributed by atoms with Gasteiger partial charge >= 0.3 is 0 Å². The maximum atomic E-state index is 14.1. The minimum Gasteiger partial charge on any atom is -0.490 e. The summed E-state index contributed by atoms with van der Waals surface area (Å²) in [7, 11) is 0. The van der Waals surface area contributed by atoms with Gasteiger partial charge in [0.1, 0.15) is 12.4 Å². The molecule has 0 radical (unpaired) electrons. The number of amides is 2. The van der Waals surface area contributed by atoms with Crippen molar-refractivity contribution in [3.63, 3.8) is 0 Å². The zero-order chi connectivity index (χ0) is 22.8. The van der Waals surface area contributed by atoms with E-state index in [9.17, 15) is 14.0 Å². The van der Waals surface area contributed by atoms with Crippen molar-refractivity contribution in [2.24, 2.45) is 0 Å². The average molecular weight is 447 g/mol. The van der Waals surface area contributed by atoms with Crippen LogP contribution in [0.3, 0.4) is 0 Å². The molecule has 1 N–H and O–H groups in total. The number of halogens is 1. The van der Waals surface area contributed by atoms with Gasteiger partial charge in [-0.2, -0.15) is 4.39 Å². The fraction of sp³-hybridized carbons (Fsp3) is 0.250. The molecular formula is C24H22FN5O3. The zero-order valence-electron chi connectivity index (χ0n) is 17.8. The van der Waals surface area contributed by atoms with Crippen molar-refractivity contribution in [2.75, 3.05) is 38.1 Å². The van der Waals surface area contributed by atoms with Gasteiger partial charge in [0.2, 0.25) is 11.9 Å². The van der Waals surface area contributed by atoms with Crippen LogP contribution in [-0.4, -0.2) is 70.4 Å². The maximum Gasteiger partial charge on any atom is 0.255 e. The second-order valence-electron chi connectivity index (χ2n) is 8.03. The third-order valence-electron chi connectivity index (χ3n) is 5.90. The van der Waals surface area contributed by atoms with Crippen molar-refractivity contribution in [3.8, 4) is 16.9 Å². The van der Waals surface area contributed by atoms with Crippen molar-refractivity contribution < 1.29 is 18.7 Å². The molecule has 1 aromatic carbocycles. The minimum atomic E-state index is -0.580. The first-order chi connectivity index (χ1) is 16.1. The number of benzene rings is 1. The first-order valence-electron chi connectivity index (χ1n) is 10.7. The Kier molecular flexibility index (Phi) is 5.70. The number of hydrogen-bond donors (Lipinski definition) is 1. The van der Waals surface area contributed by atoms with Crippen LogP contribution in [0, 0.1) is 5.95 Å². The Balaban J connectivity index is 1.37. The van der Waals surface area contributed by atoms with Crippen LogP contribution in [0.25, 0.3) is 11.1 Å². The Morgan fingerprint density at radius 2 is 2.03 bits per heavy atom. The van der Waals surface area contributed by atoms with E-state index in [0.29, 0.717) is 54.4 Å². The van der Waals surface area contributed by atoms with Crippen LogP contribution < -0.4 is 10.1 Å². The number of rotatable bonds is 2. The number of nitrogens with zero attached hydrogens (tertiary/aromatic N) is 4. The van der Waals surface area contributed by atoms with E-state index in [4.69, 9.17) is 4.74 Å². The quantitative estimate of drug-likeness (QED) is 0.608. The highest BCUT2D eigenvalue weighted by molar-refractivity contribution is 5.95. The van der Waals surface area contributed by atoms with E-state index < -0.39 is 5.95 Å². The molecule has 2 aliphatic heterocycles. The predicted molar refractivity (Wildman–Crippen MR) is 119 cm³/mol. The number of nitrogens with one attached hydrogen (secondary N) is 1. The van der Waals surface area contributed by atoms with Gasteiger partial charge in [-0.25, -0.2) is 4.98 Å². The third kappa shape index (κ3) is 4.40. The highest BCUT2D eigenvalue weighted by atomic mass is 19.1. The predicted octanol–water partition coefficient (Wildman–Crippen LogP) is 2.44. The van der Waals surface area contributed by atoms with Gasteiger partial charge < -0.3 is 15.0 Å². The number of piperazine rings is 1. The molecule has 33 heavy (non-hydrogen) atoms. The van der Waals surface area contributed by atoms with Crippen LogP contribution in [0.15, 0.2) is 61.1 Å². The van der Waals surface area contributed by atoms with Crippen LogP contribution in [0.4, 0.5) is 10.1 Å². The van der Waals surface area contributed by atoms with Crippen LogP contribution in [-0.2, 0) is 4.79 Å². The van der Waals surface area contributed by atoms with Crippen molar-refractivity contribution in [3.05, 3.63) is 72.6 Å². The number of carbonyl (C=O) groups excluding carboxylic acids is 2. The summed E-state index contributed by atoms with van der Waals surface area (Å²) in [6.45, 7) is 1.98. The number of ether oxygens (including phenoxy) is 1. The van der Waals surface area contributed by atoms with Crippen LogP contribution in [0.1, 0.15) is 10.4 Å². The normalized spacial score (nSPS) is 18.6. The Hall–Kier alpha value is -3.85. The van der Waals surface area contributed by atoms with Gasteiger partial charge in [0, 0.05) is 43.8 Å². The highest BCUT2D eigenvalue weighted by Crippen LogP contribution is 2.32. The topological polar surface area (TPSA) is 87.7 Å². The van der Waals surface area contributed by atoms with Gasteiger partial charge in [-0.05, 0) is 42.0 Å². The number of carbonyl (C=O) groups is 2. The van der Waals surface area contributed by atoms with Crippen LogP contribution in [0.5, 0.6) is 5.75 Å². The summed E-state index contributed by atoms with van der Waals surface area (Å²) in [4.78, 5) is 37.2. The minimum absolute atomic E-state index is 0.0874. The summed E-state index contributed by atoms with van der Waals surface area (Å²) >= 11 is 0. The number of pyridine rings is 2. The van der Waals surface area contributed by atoms with Gasteiger partial charge in [0.25, 0.3) is 5.91 Å². The number of aromatic nitrogens is 2. The van der Waals surface area contributed by atoms with Crippen LogP contribution >= 0.6 is 0 Å². The Labute approximate surface area is 190 Å². The number of anilines is 1. The lowest BCUT2D eigenvalue weighted by molar-refractivity contribution is -0.118. The summed E-state index contributed by atoms with van der Waals surface area (Å²) in [5, 5.41) is 2.89. The molecule has 0 unspecified atom stereocenters. The summed E-state index contributed by atoms with van der Waals surface area (Å²) < 4.78 is 20.2. The van der Waals surface area contributed by atoms with Crippen molar-refractivity contribution in [1.29, 1.82) is 0 Å². The summed E-state index contributed by atoms with van der Waals surface area (Å²) in [5.74, 6) is -0.365. The Bertz CT molecular complexity index is 1190. The van der Waals surface area contributed by atoms with Crippen molar-refractivity contribution in [2.45, 2.75) is 6.04 Å². The number of fused-ring (bicyclic) bond motifs is 2. The standard InChI is InChI=1S/C24H22FN5O3/c25-23-19(4-2-8-27-23)16-5-6-21-20(11-16)28-22(31)14-29-9-10-30(13-18(29)15-33-21)24(32)17-3-1-7-26-12-17/h1-8,11-12,18H,9-10,13-15H2,(H,28,31)/t18-/m1/s1. The van der Waals surface area contributed by atoms with Gasteiger partial charge in [0.05, 0.1) is 23.8 Å². The zero-order valence-corrected chi connectivity index (χ0v) is 17.8. The third-order valence-corrected chi connectivity index (χ3v) is 5.90. The lowest BCUT2D eigenvalue weighted by Crippen LogP contribution is -2.57. The first kappa shape index (κ1) is 21.0.